The molecule has 0 amide bonds. The van der Waals surface area contributed by atoms with E-state index in [9.17, 15) is 4.39 Å². The Hall–Kier alpha value is -1.63. The Morgan fingerprint density at radius 3 is 2.87 bits per heavy atom. The number of hydrogen-bond acceptors (Lipinski definition) is 5. The van der Waals surface area contributed by atoms with Gasteiger partial charge in [0.15, 0.2) is 0 Å². The number of nitrogens with zero attached hydrogens (tertiary/aromatic N) is 2. The Kier molecular flexibility index (Phi) is 2.55. The van der Waals surface area contributed by atoms with Crippen molar-refractivity contribution in [2.75, 3.05) is 11.1 Å². The van der Waals surface area contributed by atoms with Crippen LogP contribution in [0.1, 0.15) is 0 Å². The lowest BCUT2D eigenvalue weighted by Crippen LogP contribution is -1.93. The van der Waals surface area contributed by atoms with E-state index in [0.717, 1.165) is 4.47 Å². The van der Waals surface area contributed by atoms with Crippen LogP contribution in [-0.2, 0) is 0 Å². The van der Waals surface area contributed by atoms with Crippen LogP contribution >= 0.6 is 15.9 Å². The Morgan fingerprint density at radius 1 is 1.40 bits per heavy atom. The molecule has 5 nitrogen and oxygen atoms in total. The van der Waals surface area contributed by atoms with E-state index in [0.29, 0.717) is 0 Å². The Bertz CT molecular complexity index is 487. The molecule has 15 heavy (non-hydrogen) atoms. The average molecular weight is 273 g/mol. The molecule has 0 aliphatic heterocycles. The van der Waals surface area contributed by atoms with Crippen LogP contribution in [0.3, 0.4) is 0 Å². The van der Waals surface area contributed by atoms with Gasteiger partial charge in [-0.15, -0.1) is 0 Å². The highest BCUT2D eigenvalue weighted by Crippen LogP contribution is 2.23. The molecule has 0 spiro atoms. The molecule has 0 unspecified atom stereocenters. The van der Waals surface area contributed by atoms with Crippen molar-refractivity contribution in [1.29, 1.82) is 0 Å². The standard InChI is InChI=1S/C8H6BrFN4O/c9-4-1-2-5(10)6(3-4)12-8-14-13-7(11)15-8/h1-3H,(H2,11,13)(H,12,14). The van der Waals surface area contributed by atoms with Gasteiger partial charge in [0.2, 0.25) is 0 Å². The Morgan fingerprint density at radius 2 is 2.20 bits per heavy atom. The first kappa shape index (κ1) is 9.91. The first-order valence-corrected chi connectivity index (χ1v) is 4.75. The fraction of sp³-hybridized carbons (Fsp3) is 0. The van der Waals surface area contributed by atoms with Gasteiger partial charge in [0.1, 0.15) is 5.82 Å². The topological polar surface area (TPSA) is 77.0 Å². The maximum atomic E-state index is 13.3. The van der Waals surface area contributed by atoms with Gasteiger partial charge in [-0.2, -0.15) is 0 Å². The summed E-state index contributed by atoms with van der Waals surface area (Å²) in [6.45, 7) is 0. The van der Waals surface area contributed by atoms with Crippen LogP contribution in [0.5, 0.6) is 0 Å². The minimum atomic E-state index is -0.421. The van der Waals surface area contributed by atoms with Crippen molar-refractivity contribution in [3.05, 3.63) is 28.5 Å². The molecule has 0 aliphatic carbocycles. The minimum absolute atomic E-state index is 0.0458. The predicted octanol–water partition coefficient (Wildman–Crippen LogP) is 2.30. The largest absolute Gasteiger partial charge is 0.389 e. The van der Waals surface area contributed by atoms with Crippen molar-refractivity contribution in [2.24, 2.45) is 0 Å². The second-order valence-corrected chi connectivity index (χ2v) is 3.61. The molecule has 0 saturated heterocycles. The van der Waals surface area contributed by atoms with Crippen molar-refractivity contribution < 1.29 is 8.81 Å². The van der Waals surface area contributed by atoms with Crippen LogP contribution in [0.2, 0.25) is 0 Å². The van der Waals surface area contributed by atoms with Crippen molar-refractivity contribution >= 4 is 33.6 Å². The lowest BCUT2D eigenvalue weighted by atomic mass is 10.3. The number of hydrogen-bond donors (Lipinski definition) is 2. The number of anilines is 3. The Labute approximate surface area is 92.6 Å². The highest BCUT2D eigenvalue weighted by molar-refractivity contribution is 9.10. The van der Waals surface area contributed by atoms with Gasteiger partial charge >= 0.3 is 12.0 Å². The van der Waals surface area contributed by atoms with Crippen LogP contribution < -0.4 is 11.1 Å². The van der Waals surface area contributed by atoms with Gasteiger partial charge in [-0.25, -0.2) is 4.39 Å². The number of nitrogens with one attached hydrogen (secondary N) is 1. The monoisotopic (exact) mass is 272 g/mol. The van der Waals surface area contributed by atoms with E-state index in [-0.39, 0.29) is 17.7 Å². The van der Waals surface area contributed by atoms with Crippen molar-refractivity contribution in [1.82, 2.24) is 10.2 Å². The quantitative estimate of drug-likeness (QED) is 0.877. The third kappa shape index (κ3) is 2.24. The SMILES string of the molecule is Nc1nnc(Nc2cc(Br)ccc2F)o1. The van der Waals surface area contributed by atoms with Crippen LogP contribution in [0.25, 0.3) is 0 Å². The van der Waals surface area contributed by atoms with Gasteiger partial charge in [-0.3, -0.25) is 0 Å². The molecule has 0 bridgehead atoms. The molecule has 1 aromatic heterocycles. The zero-order chi connectivity index (χ0) is 10.8. The summed E-state index contributed by atoms with van der Waals surface area (Å²) in [7, 11) is 0. The third-order valence-electron chi connectivity index (χ3n) is 1.61. The number of nitrogen functional groups attached to an aromatic ring is 1. The maximum Gasteiger partial charge on any atom is 0.321 e. The summed E-state index contributed by atoms with van der Waals surface area (Å²) < 4.78 is 18.8. The zero-order valence-electron chi connectivity index (χ0n) is 7.37. The number of halogens is 2. The molecule has 1 heterocycles. The molecular formula is C8H6BrFN4O. The smallest absolute Gasteiger partial charge is 0.321 e. The summed E-state index contributed by atoms with van der Waals surface area (Å²) in [5.74, 6) is -0.421. The Balaban J connectivity index is 2.27. The fourth-order valence-electron chi connectivity index (χ4n) is 0.994. The molecule has 0 fully saturated rings. The summed E-state index contributed by atoms with van der Waals surface area (Å²) in [6, 6.07) is 4.42. The van der Waals surface area contributed by atoms with E-state index in [1.165, 1.54) is 6.07 Å². The number of rotatable bonds is 2. The van der Waals surface area contributed by atoms with Crippen LogP contribution in [-0.4, -0.2) is 10.2 Å². The summed E-state index contributed by atoms with van der Waals surface area (Å²) in [5, 5.41) is 9.58. The van der Waals surface area contributed by atoms with Gasteiger partial charge in [0.25, 0.3) is 0 Å². The summed E-state index contributed by atoms with van der Waals surface area (Å²) in [6.07, 6.45) is 0. The first-order valence-electron chi connectivity index (χ1n) is 3.96. The van der Waals surface area contributed by atoms with E-state index in [1.807, 2.05) is 0 Å². The molecule has 2 rings (SSSR count). The van der Waals surface area contributed by atoms with E-state index in [1.54, 1.807) is 12.1 Å². The summed E-state index contributed by atoms with van der Waals surface area (Å²) in [4.78, 5) is 0. The molecule has 0 atom stereocenters. The van der Waals surface area contributed by atoms with Gasteiger partial charge in [-0.05, 0) is 18.2 Å². The van der Waals surface area contributed by atoms with Gasteiger partial charge in [0, 0.05) is 4.47 Å². The molecule has 0 aliphatic rings. The molecule has 3 N–H and O–H groups in total. The lowest BCUT2D eigenvalue weighted by molar-refractivity contribution is 0.589. The second kappa shape index (κ2) is 3.85. The van der Waals surface area contributed by atoms with Gasteiger partial charge in [0.05, 0.1) is 5.69 Å². The van der Waals surface area contributed by atoms with Crippen LogP contribution in [0.15, 0.2) is 27.1 Å². The predicted molar refractivity (Wildman–Crippen MR) is 56.1 cm³/mol. The number of benzene rings is 1. The van der Waals surface area contributed by atoms with Crippen LogP contribution in [0, 0.1) is 5.82 Å². The van der Waals surface area contributed by atoms with Gasteiger partial charge in [-0.1, -0.05) is 26.1 Å². The van der Waals surface area contributed by atoms with E-state index in [4.69, 9.17) is 10.2 Å². The lowest BCUT2D eigenvalue weighted by Gasteiger charge is -2.02. The van der Waals surface area contributed by atoms with E-state index in [2.05, 4.69) is 31.4 Å². The second-order valence-electron chi connectivity index (χ2n) is 2.69. The highest BCUT2D eigenvalue weighted by atomic mass is 79.9. The normalized spacial score (nSPS) is 10.3. The molecule has 78 valence electrons. The third-order valence-corrected chi connectivity index (χ3v) is 2.10. The average Bonchev–Trinajstić information content (AvgIpc) is 2.58. The highest BCUT2D eigenvalue weighted by Gasteiger charge is 2.07. The molecule has 7 heteroatoms. The van der Waals surface area contributed by atoms with Crippen LogP contribution in [0.4, 0.5) is 22.1 Å². The minimum Gasteiger partial charge on any atom is -0.389 e. The summed E-state index contributed by atoms with van der Waals surface area (Å²) in [5.41, 5.74) is 5.45. The van der Waals surface area contributed by atoms with Crippen molar-refractivity contribution in [3.8, 4) is 0 Å². The van der Waals surface area contributed by atoms with Crippen molar-refractivity contribution in [3.63, 3.8) is 0 Å². The van der Waals surface area contributed by atoms with Gasteiger partial charge < -0.3 is 15.5 Å². The van der Waals surface area contributed by atoms with E-state index >= 15 is 0 Å². The number of aromatic nitrogens is 2. The molecule has 2 aromatic rings. The fourth-order valence-corrected chi connectivity index (χ4v) is 1.35. The van der Waals surface area contributed by atoms with Crippen molar-refractivity contribution in [2.45, 2.75) is 0 Å². The maximum absolute atomic E-state index is 13.3. The zero-order valence-corrected chi connectivity index (χ0v) is 8.95. The molecule has 0 radical (unpaired) electrons. The molecule has 1 aromatic carbocycles. The molecular weight excluding hydrogens is 267 g/mol. The number of nitrogens with two attached hydrogens (primary N) is 1. The molecule has 0 saturated carbocycles. The van der Waals surface area contributed by atoms with E-state index < -0.39 is 5.82 Å². The first-order chi connectivity index (χ1) is 7.15. The summed E-state index contributed by atoms with van der Waals surface area (Å²) >= 11 is 3.22.